The van der Waals surface area contributed by atoms with Crippen LogP contribution in [0.15, 0.2) is 29.4 Å². The first-order valence-corrected chi connectivity index (χ1v) is 5.69. The van der Waals surface area contributed by atoms with Crippen LogP contribution >= 0.6 is 11.8 Å². The molecule has 0 aromatic heterocycles. The molecule has 0 bridgehead atoms. The number of nitrogens with two attached hydrogens (primary N) is 1. The molecule has 90 valence electrons. The minimum Gasteiger partial charge on any atom is -0.377 e. The SMILES string of the molecule is CS/C(N)=N/NC(=O)c1ccc([N+](=O)[O-])cc1. The maximum atomic E-state index is 11.5. The average molecular weight is 254 g/mol. The summed E-state index contributed by atoms with van der Waals surface area (Å²) in [6, 6.07) is 5.18. The molecule has 0 saturated heterocycles. The molecule has 1 aromatic rings. The number of rotatable bonds is 3. The summed E-state index contributed by atoms with van der Waals surface area (Å²) < 4.78 is 0. The fourth-order valence-electron chi connectivity index (χ4n) is 0.951. The zero-order valence-corrected chi connectivity index (χ0v) is 9.73. The Morgan fingerprint density at radius 3 is 2.53 bits per heavy atom. The standard InChI is InChI=1S/C9H10N4O3S/c1-17-9(10)12-11-8(14)6-2-4-7(5-3-6)13(15)16/h2-5H,1H3,(H2,10,12)(H,11,14). The number of hydrogen-bond acceptors (Lipinski definition) is 5. The number of carbonyl (C=O) groups is 1. The number of non-ortho nitro benzene ring substituents is 1. The number of hydrazone groups is 1. The largest absolute Gasteiger partial charge is 0.377 e. The van der Waals surface area contributed by atoms with E-state index in [-0.39, 0.29) is 16.4 Å². The van der Waals surface area contributed by atoms with Crippen molar-refractivity contribution in [2.75, 3.05) is 6.26 Å². The molecular formula is C9H10N4O3S. The predicted molar refractivity (Wildman–Crippen MR) is 65.7 cm³/mol. The number of thioether (sulfide) groups is 1. The summed E-state index contributed by atoms with van der Waals surface area (Å²) in [5.74, 6) is -0.475. The van der Waals surface area contributed by atoms with Crippen molar-refractivity contribution in [3.63, 3.8) is 0 Å². The highest BCUT2D eigenvalue weighted by Gasteiger charge is 2.08. The summed E-state index contributed by atoms with van der Waals surface area (Å²) in [7, 11) is 0. The van der Waals surface area contributed by atoms with E-state index in [9.17, 15) is 14.9 Å². The lowest BCUT2D eigenvalue weighted by Crippen LogP contribution is -2.21. The van der Waals surface area contributed by atoms with Gasteiger partial charge in [-0.1, -0.05) is 11.8 Å². The monoisotopic (exact) mass is 254 g/mol. The van der Waals surface area contributed by atoms with Gasteiger partial charge < -0.3 is 5.73 Å². The van der Waals surface area contributed by atoms with E-state index in [1.807, 2.05) is 0 Å². The van der Waals surface area contributed by atoms with Gasteiger partial charge in [0, 0.05) is 17.7 Å². The molecule has 0 unspecified atom stereocenters. The summed E-state index contributed by atoms with van der Waals surface area (Å²) in [6.45, 7) is 0. The molecule has 1 rings (SSSR count). The third-order valence-corrected chi connectivity index (χ3v) is 2.33. The predicted octanol–water partition coefficient (Wildman–Crippen LogP) is 0.917. The van der Waals surface area contributed by atoms with Crippen LogP contribution in [-0.4, -0.2) is 22.3 Å². The summed E-state index contributed by atoms with van der Waals surface area (Å²) in [4.78, 5) is 21.4. The molecule has 1 aromatic carbocycles. The highest BCUT2D eigenvalue weighted by molar-refractivity contribution is 8.13. The number of nitrogens with zero attached hydrogens (tertiary/aromatic N) is 2. The molecule has 0 saturated carbocycles. The van der Waals surface area contributed by atoms with E-state index in [0.717, 1.165) is 0 Å². The van der Waals surface area contributed by atoms with E-state index in [1.165, 1.54) is 36.0 Å². The van der Waals surface area contributed by atoms with E-state index < -0.39 is 10.8 Å². The number of amides is 1. The maximum Gasteiger partial charge on any atom is 0.271 e. The molecule has 0 heterocycles. The number of nitro benzene ring substituents is 1. The van der Waals surface area contributed by atoms with Crippen LogP contribution in [0.5, 0.6) is 0 Å². The molecule has 0 atom stereocenters. The first kappa shape index (κ1) is 13.0. The number of nitrogens with one attached hydrogen (secondary N) is 1. The zero-order chi connectivity index (χ0) is 12.8. The number of carbonyl (C=O) groups excluding carboxylic acids is 1. The van der Waals surface area contributed by atoms with Gasteiger partial charge in [0.15, 0.2) is 5.17 Å². The van der Waals surface area contributed by atoms with Gasteiger partial charge in [0.25, 0.3) is 11.6 Å². The van der Waals surface area contributed by atoms with Gasteiger partial charge in [-0.2, -0.15) is 0 Å². The summed E-state index contributed by atoms with van der Waals surface area (Å²) in [5.41, 5.74) is 7.80. The zero-order valence-electron chi connectivity index (χ0n) is 8.91. The van der Waals surface area contributed by atoms with Crippen molar-refractivity contribution in [1.82, 2.24) is 5.43 Å². The second kappa shape index (κ2) is 5.85. The van der Waals surface area contributed by atoms with Gasteiger partial charge in [0.05, 0.1) is 4.92 Å². The van der Waals surface area contributed by atoms with Crippen molar-refractivity contribution < 1.29 is 9.72 Å². The summed E-state index contributed by atoms with van der Waals surface area (Å²) >= 11 is 1.19. The van der Waals surface area contributed by atoms with E-state index >= 15 is 0 Å². The van der Waals surface area contributed by atoms with E-state index in [1.54, 1.807) is 6.26 Å². The first-order valence-electron chi connectivity index (χ1n) is 4.46. The van der Waals surface area contributed by atoms with Gasteiger partial charge in [0.1, 0.15) is 0 Å². The Balaban J connectivity index is 2.73. The molecule has 0 aliphatic carbocycles. The molecule has 7 nitrogen and oxygen atoms in total. The van der Waals surface area contributed by atoms with Crippen molar-refractivity contribution in [2.24, 2.45) is 10.8 Å². The number of hydrogen-bond donors (Lipinski definition) is 2. The molecule has 0 spiro atoms. The Kier molecular flexibility index (Phi) is 4.46. The highest BCUT2D eigenvalue weighted by Crippen LogP contribution is 2.11. The normalized spacial score (nSPS) is 11.0. The van der Waals surface area contributed by atoms with Crippen LogP contribution in [0.3, 0.4) is 0 Å². The second-order valence-corrected chi connectivity index (χ2v) is 3.73. The smallest absolute Gasteiger partial charge is 0.271 e. The number of benzene rings is 1. The third-order valence-electron chi connectivity index (χ3n) is 1.82. The van der Waals surface area contributed by atoms with Crippen LogP contribution in [-0.2, 0) is 0 Å². The Bertz CT molecular complexity index is 458. The average Bonchev–Trinajstić information content (AvgIpc) is 2.35. The summed E-state index contributed by atoms with van der Waals surface area (Å²) in [5, 5.41) is 14.2. The minimum absolute atomic E-state index is 0.0753. The van der Waals surface area contributed by atoms with Crippen molar-refractivity contribution in [3.8, 4) is 0 Å². The van der Waals surface area contributed by atoms with Gasteiger partial charge in [0.2, 0.25) is 0 Å². The molecule has 0 aliphatic rings. The fourth-order valence-corrected chi connectivity index (χ4v) is 1.09. The van der Waals surface area contributed by atoms with Gasteiger partial charge in [-0.15, -0.1) is 5.10 Å². The molecule has 0 radical (unpaired) electrons. The van der Waals surface area contributed by atoms with Crippen LogP contribution in [0.2, 0.25) is 0 Å². The Morgan fingerprint density at radius 1 is 1.47 bits per heavy atom. The molecule has 8 heteroatoms. The topological polar surface area (TPSA) is 111 Å². The van der Waals surface area contributed by atoms with Crippen LogP contribution < -0.4 is 11.2 Å². The minimum atomic E-state index is -0.536. The van der Waals surface area contributed by atoms with Gasteiger partial charge >= 0.3 is 0 Å². The number of amidine groups is 1. The van der Waals surface area contributed by atoms with Crippen LogP contribution in [0, 0.1) is 10.1 Å². The van der Waals surface area contributed by atoms with Gasteiger partial charge in [-0.3, -0.25) is 14.9 Å². The Hall–Kier alpha value is -2.09. The molecule has 0 aliphatic heterocycles. The molecule has 0 fully saturated rings. The lowest BCUT2D eigenvalue weighted by molar-refractivity contribution is -0.384. The summed E-state index contributed by atoms with van der Waals surface area (Å²) in [6.07, 6.45) is 1.72. The van der Waals surface area contributed by atoms with E-state index in [4.69, 9.17) is 5.73 Å². The van der Waals surface area contributed by atoms with Crippen molar-refractivity contribution in [2.45, 2.75) is 0 Å². The Labute approximate surface area is 101 Å². The molecular weight excluding hydrogens is 244 g/mol. The van der Waals surface area contributed by atoms with Crippen LogP contribution in [0.25, 0.3) is 0 Å². The first-order chi connectivity index (χ1) is 8.04. The molecule has 3 N–H and O–H groups in total. The third kappa shape index (κ3) is 3.76. The Morgan fingerprint density at radius 2 is 2.06 bits per heavy atom. The highest BCUT2D eigenvalue weighted by atomic mass is 32.2. The molecule has 17 heavy (non-hydrogen) atoms. The quantitative estimate of drug-likeness (QED) is 0.360. The fraction of sp³-hybridized carbons (Fsp3) is 0.111. The maximum absolute atomic E-state index is 11.5. The van der Waals surface area contributed by atoms with Gasteiger partial charge in [-0.25, -0.2) is 5.43 Å². The van der Waals surface area contributed by atoms with Crippen molar-refractivity contribution >= 4 is 28.5 Å². The van der Waals surface area contributed by atoms with Crippen molar-refractivity contribution in [1.29, 1.82) is 0 Å². The lowest BCUT2D eigenvalue weighted by Gasteiger charge is -2.00. The second-order valence-electron chi connectivity index (χ2n) is 2.90. The van der Waals surface area contributed by atoms with E-state index in [0.29, 0.717) is 0 Å². The van der Waals surface area contributed by atoms with E-state index in [2.05, 4.69) is 10.5 Å². The molecule has 1 amide bonds. The van der Waals surface area contributed by atoms with Crippen molar-refractivity contribution in [3.05, 3.63) is 39.9 Å². The lowest BCUT2D eigenvalue weighted by atomic mass is 10.2. The van der Waals surface area contributed by atoms with Crippen LogP contribution in [0.1, 0.15) is 10.4 Å². The van der Waals surface area contributed by atoms with Gasteiger partial charge in [-0.05, 0) is 18.4 Å². The van der Waals surface area contributed by atoms with Crippen LogP contribution in [0.4, 0.5) is 5.69 Å². The number of nitro groups is 1.